The van der Waals surface area contributed by atoms with Crippen LogP contribution in [0, 0.1) is 23.5 Å². The number of hydrogen-bond donors (Lipinski definition) is 0. The lowest BCUT2D eigenvalue weighted by Crippen LogP contribution is -2.35. The van der Waals surface area contributed by atoms with Crippen LogP contribution in [0.4, 0.5) is 8.78 Å². The molecule has 1 aliphatic carbocycles. The summed E-state index contributed by atoms with van der Waals surface area (Å²) in [4.78, 5) is 24.2. The molecule has 122 valence electrons. The van der Waals surface area contributed by atoms with Crippen molar-refractivity contribution in [2.24, 2.45) is 11.8 Å². The number of hydrogen-bond acceptors (Lipinski definition) is 4. The second-order valence-corrected chi connectivity index (χ2v) is 5.07. The Balaban J connectivity index is 2.10. The first-order valence-electron chi connectivity index (χ1n) is 7.12. The highest BCUT2D eigenvalue weighted by Gasteiger charge is 2.36. The SMILES string of the molecule is C=CCOC(=O)[C@H]1CC=CC[C@H]1C(=O)Oc1ccc(F)cc1F. The van der Waals surface area contributed by atoms with E-state index in [4.69, 9.17) is 9.47 Å². The Morgan fingerprint density at radius 1 is 1.17 bits per heavy atom. The molecule has 1 aliphatic rings. The number of carbonyl (C=O) groups excluding carboxylic acids is 2. The summed E-state index contributed by atoms with van der Waals surface area (Å²) >= 11 is 0. The fraction of sp³-hybridized carbons (Fsp3) is 0.294. The van der Waals surface area contributed by atoms with Crippen LogP contribution in [0.5, 0.6) is 5.75 Å². The number of esters is 2. The van der Waals surface area contributed by atoms with Crippen LogP contribution in [0.1, 0.15) is 12.8 Å². The molecule has 0 heterocycles. The summed E-state index contributed by atoms with van der Waals surface area (Å²) in [7, 11) is 0. The third-order valence-electron chi connectivity index (χ3n) is 3.49. The standard InChI is InChI=1S/C17H16F2O4/c1-2-9-22-16(20)12-5-3-4-6-13(12)17(21)23-15-8-7-11(18)10-14(15)19/h2-4,7-8,10,12-13H,1,5-6,9H2/t12-,13+/m0/s1. The molecule has 2 atom stereocenters. The van der Waals surface area contributed by atoms with Crippen molar-refractivity contribution in [3.63, 3.8) is 0 Å². The van der Waals surface area contributed by atoms with E-state index in [1.165, 1.54) is 6.08 Å². The molecular weight excluding hydrogens is 306 g/mol. The van der Waals surface area contributed by atoms with Gasteiger partial charge >= 0.3 is 11.9 Å². The van der Waals surface area contributed by atoms with Crippen LogP contribution in [0.3, 0.4) is 0 Å². The van der Waals surface area contributed by atoms with Crippen LogP contribution in [-0.4, -0.2) is 18.5 Å². The molecular formula is C17H16F2O4. The van der Waals surface area contributed by atoms with Gasteiger partial charge in [-0.2, -0.15) is 0 Å². The van der Waals surface area contributed by atoms with Crippen molar-refractivity contribution in [3.05, 3.63) is 54.6 Å². The van der Waals surface area contributed by atoms with Crippen molar-refractivity contribution in [1.29, 1.82) is 0 Å². The van der Waals surface area contributed by atoms with Crippen molar-refractivity contribution in [3.8, 4) is 5.75 Å². The summed E-state index contributed by atoms with van der Waals surface area (Å²) in [6.45, 7) is 3.50. The second kappa shape index (κ2) is 7.67. The largest absolute Gasteiger partial charge is 0.461 e. The zero-order chi connectivity index (χ0) is 16.8. The fourth-order valence-corrected chi connectivity index (χ4v) is 2.33. The lowest BCUT2D eigenvalue weighted by atomic mass is 9.83. The van der Waals surface area contributed by atoms with E-state index in [-0.39, 0.29) is 18.8 Å². The Morgan fingerprint density at radius 3 is 2.43 bits per heavy atom. The molecule has 0 fully saturated rings. The average Bonchev–Trinajstić information content (AvgIpc) is 2.55. The van der Waals surface area contributed by atoms with Gasteiger partial charge in [-0.05, 0) is 25.0 Å². The molecule has 0 spiro atoms. The van der Waals surface area contributed by atoms with E-state index in [1.54, 1.807) is 12.2 Å². The molecule has 2 rings (SSSR count). The highest BCUT2D eigenvalue weighted by Crippen LogP contribution is 2.29. The molecule has 0 N–H and O–H groups in total. The van der Waals surface area contributed by atoms with Gasteiger partial charge in [-0.25, -0.2) is 8.78 Å². The molecule has 23 heavy (non-hydrogen) atoms. The van der Waals surface area contributed by atoms with Gasteiger partial charge in [0.25, 0.3) is 0 Å². The molecule has 6 heteroatoms. The summed E-state index contributed by atoms with van der Waals surface area (Å²) in [5.41, 5.74) is 0. The van der Waals surface area contributed by atoms with Crippen LogP contribution in [0.25, 0.3) is 0 Å². The maximum absolute atomic E-state index is 13.6. The lowest BCUT2D eigenvalue weighted by molar-refractivity contribution is -0.156. The van der Waals surface area contributed by atoms with Gasteiger partial charge in [0.05, 0.1) is 11.8 Å². The minimum absolute atomic E-state index is 0.0490. The van der Waals surface area contributed by atoms with Crippen LogP contribution >= 0.6 is 0 Å². The minimum atomic E-state index is -0.976. The normalized spacial score (nSPS) is 19.9. The molecule has 0 radical (unpaired) electrons. The van der Waals surface area contributed by atoms with E-state index >= 15 is 0 Å². The zero-order valence-electron chi connectivity index (χ0n) is 12.3. The molecule has 1 aromatic rings. The third kappa shape index (κ3) is 4.25. The number of rotatable bonds is 5. The summed E-state index contributed by atoms with van der Waals surface area (Å²) in [6.07, 6.45) is 5.58. The van der Waals surface area contributed by atoms with Crippen molar-refractivity contribution in [1.82, 2.24) is 0 Å². The molecule has 0 unspecified atom stereocenters. The molecule has 0 aliphatic heterocycles. The zero-order valence-corrected chi connectivity index (χ0v) is 12.3. The van der Waals surface area contributed by atoms with E-state index < -0.39 is 35.4 Å². The predicted octanol–water partition coefficient (Wildman–Crippen LogP) is 3.18. The van der Waals surface area contributed by atoms with Crippen molar-refractivity contribution in [2.45, 2.75) is 12.8 Å². The Kier molecular flexibility index (Phi) is 5.62. The molecule has 0 saturated carbocycles. The van der Waals surface area contributed by atoms with E-state index in [9.17, 15) is 18.4 Å². The van der Waals surface area contributed by atoms with Crippen molar-refractivity contribution >= 4 is 11.9 Å². The highest BCUT2D eigenvalue weighted by atomic mass is 19.1. The first kappa shape index (κ1) is 16.9. The van der Waals surface area contributed by atoms with Crippen LogP contribution < -0.4 is 4.74 Å². The van der Waals surface area contributed by atoms with Gasteiger partial charge in [-0.1, -0.05) is 24.8 Å². The summed E-state index contributed by atoms with van der Waals surface area (Å²) in [5, 5.41) is 0. The van der Waals surface area contributed by atoms with Gasteiger partial charge in [-0.15, -0.1) is 0 Å². The topological polar surface area (TPSA) is 52.6 Å². The Labute approximate surface area is 132 Å². The minimum Gasteiger partial charge on any atom is -0.461 e. The van der Waals surface area contributed by atoms with Gasteiger partial charge in [0.2, 0.25) is 0 Å². The molecule has 0 aromatic heterocycles. The predicted molar refractivity (Wildman–Crippen MR) is 78.5 cm³/mol. The van der Waals surface area contributed by atoms with Gasteiger partial charge in [0.1, 0.15) is 12.4 Å². The number of benzene rings is 1. The monoisotopic (exact) mass is 322 g/mol. The highest BCUT2D eigenvalue weighted by molar-refractivity contribution is 5.84. The average molecular weight is 322 g/mol. The summed E-state index contributed by atoms with van der Waals surface area (Å²) < 4.78 is 36.4. The Morgan fingerprint density at radius 2 is 1.83 bits per heavy atom. The van der Waals surface area contributed by atoms with Crippen LogP contribution in [-0.2, 0) is 14.3 Å². The number of halogens is 2. The van der Waals surface area contributed by atoms with Crippen LogP contribution in [0.2, 0.25) is 0 Å². The van der Waals surface area contributed by atoms with Gasteiger partial charge in [0, 0.05) is 6.07 Å². The van der Waals surface area contributed by atoms with Crippen molar-refractivity contribution < 1.29 is 27.8 Å². The summed E-state index contributed by atoms with van der Waals surface area (Å²) in [5.74, 6) is -4.87. The van der Waals surface area contributed by atoms with E-state index in [2.05, 4.69) is 6.58 Å². The summed E-state index contributed by atoms with van der Waals surface area (Å²) in [6, 6.07) is 2.65. The van der Waals surface area contributed by atoms with E-state index in [1.807, 2.05) is 0 Å². The maximum atomic E-state index is 13.6. The Hall–Kier alpha value is -2.50. The van der Waals surface area contributed by atoms with Gasteiger partial charge in [-0.3, -0.25) is 9.59 Å². The quantitative estimate of drug-likeness (QED) is 0.475. The number of carbonyl (C=O) groups is 2. The third-order valence-corrected chi connectivity index (χ3v) is 3.49. The molecule has 1 aromatic carbocycles. The first-order chi connectivity index (χ1) is 11.0. The number of ether oxygens (including phenoxy) is 2. The van der Waals surface area contributed by atoms with Crippen LogP contribution in [0.15, 0.2) is 43.0 Å². The second-order valence-electron chi connectivity index (χ2n) is 5.07. The molecule has 0 saturated heterocycles. The fourth-order valence-electron chi connectivity index (χ4n) is 2.33. The van der Waals surface area contributed by atoms with Gasteiger partial charge in [0.15, 0.2) is 11.6 Å². The molecule has 0 amide bonds. The smallest absolute Gasteiger partial charge is 0.315 e. The van der Waals surface area contributed by atoms with Crippen molar-refractivity contribution in [2.75, 3.05) is 6.61 Å². The molecule has 0 bridgehead atoms. The van der Waals surface area contributed by atoms with Gasteiger partial charge < -0.3 is 9.47 Å². The molecule has 4 nitrogen and oxygen atoms in total. The number of allylic oxidation sites excluding steroid dienone is 2. The maximum Gasteiger partial charge on any atom is 0.315 e. The lowest BCUT2D eigenvalue weighted by Gasteiger charge is -2.25. The first-order valence-corrected chi connectivity index (χ1v) is 7.12. The van der Waals surface area contributed by atoms with E-state index in [0.717, 1.165) is 12.1 Å². The Bertz CT molecular complexity index is 639. The van der Waals surface area contributed by atoms with E-state index in [0.29, 0.717) is 12.5 Å².